The Morgan fingerprint density at radius 1 is 1.42 bits per heavy atom. The summed E-state index contributed by atoms with van der Waals surface area (Å²) in [7, 11) is 3.86. The minimum Gasteiger partial charge on any atom is -0.392 e. The second-order valence-electron chi connectivity index (χ2n) is 8.13. The first-order valence-corrected chi connectivity index (χ1v) is 9.78. The van der Waals surface area contributed by atoms with Crippen LogP contribution in [-0.2, 0) is 11.8 Å². The molecule has 0 bridgehead atoms. The fraction of sp³-hybridized carbons (Fsp3) is 0.789. The van der Waals surface area contributed by atoms with Crippen LogP contribution in [0.5, 0.6) is 0 Å². The van der Waals surface area contributed by atoms with E-state index in [1.165, 1.54) is 0 Å². The number of nitrogens with zero attached hydrogens (tertiary/aromatic N) is 4. The summed E-state index contributed by atoms with van der Waals surface area (Å²) >= 11 is 0. The topological polar surface area (TPSA) is 73.6 Å². The molecule has 3 heterocycles. The van der Waals surface area contributed by atoms with Crippen molar-refractivity contribution in [3.63, 3.8) is 0 Å². The molecule has 26 heavy (non-hydrogen) atoms. The lowest BCUT2D eigenvalue weighted by molar-refractivity contribution is -0.134. The van der Waals surface area contributed by atoms with E-state index in [0.29, 0.717) is 5.92 Å². The summed E-state index contributed by atoms with van der Waals surface area (Å²) in [6.07, 6.45) is 5.83. The second-order valence-corrected chi connectivity index (χ2v) is 8.13. The summed E-state index contributed by atoms with van der Waals surface area (Å²) < 4.78 is 1.81. The van der Waals surface area contributed by atoms with E-state index in [0.717, 1.165) is 57.7 Å². The van der Waals surface area contributed by atoms with Gasteiger partial charge in [-0.05, 0) is 44.3 Å². The zero-order valence-electron chi connectivity index (χ0n) is 16.3. The molecule has 2 aliphatic heterocycles. The Hall–Kier alpha value is -1.44. The predicted octanol–water partition coefficient (Wildman–Crippen LogP) is 0.274. The maximum absolute atomic E-state index is 13.0. The number of carbonyl (C=O) groups excluding carboxylic acids is 1. The van der Waals surface area contributed by atoms with Gasteiger partial charge in [0.1, 0.15) is 0 Å². The van der Waals surface area contributed by atoms with Gasteiger partial charge < -0.3 is 20.2 Å². The number of aliphatic hydroxyl groups is 1. The molecule has 0 spiro atoms. The van der Waals surface area contributed by atoms with Crippen LogP contribution in [0.15, 0.2) is 12.4 Å². The van der Waals surface area contributed by atoms with Gasteiger partial charge in [0, 0.05) is 52.4 Å². The van der Waals surface area contributed by atoms with E-state index >= 15 is 0 Å². The van der Waals surface area contributed by atoms with E-state index < -0.39 is 0 Å². The second kappa shape index (κ2) is 8.50. The maximum Gasteiger partial charge on any atom is 0.227 e. The molecule has 1 unspecified atom stereocenters. The first kappa shape index (κ1) is 19.3. The van der Waals surface area contributed by atoms with Gasteiger partial charge in [-0.3, -0.25) is 9.48 Å². The van der Waals surface area contributed by atoms with Crippen LogP contribution in [0.3, 0.4) is 0 Å². The number of piperidine rings is 1. The summed E-state index contributed by atoms with van der Waals surface area (Å²) in [5.41, 5.74) is 1.15. The Morgan fingerprint density at radius 3 is 2.77 bits per heavy atom. The van der Waals surface area contributed by atoms with E-state index in [-0.39, 0.29) is 23.8 Å². The molecule has 7 heteroatoms. The van der Waals surface area contributed by atoms with E-state index in [1.54, 1.807) is 4.68 Å². The van der Waals surface area contributed by atoms with Crippen LogP contribution in [-0.4, -0.2) is 83.0 Å². The predicted molar refractivity (Wildman–Crippen MR) is 101 cm³/mol. The average molecular weight is 364 g/mol. The van der Waals surface area contributed by atoms with Crippen molar-refractivity contribution in [1.29, 1.82) is 0 Å². The van der Waals surface area contributed by atoms with Crippen LogP contribution in [0, 0.1) is 11.8 Å². The molecule has 3 rings (SSSR count). The Kier molecular flexibility index (Phi) is 6.32. The Bertz CT molecular complexity index is 595. The summed E-state index contributed by atoms with van der Waals surface area (Å²) in [6.45, 7) is 7.04. The van der Waals surface area contributed by atoms with Crippen LogP contribution < -0.4 is 5.32 Å². The van der Waals surface area contributed by atoms with Crippen molar-refractivity contribution in [2.75, 3.05) is 46.3 Å². The van der Waals surface area contributed by atoms with Crippen molar-refractivity contribution in [3.8, 4) is 0 Å². The zero-order chi connectivity index (χ0) is 18.7. The maximum atomic E-state index is 13.0. The van der Waals surface area contributed by atoms with Crippen molar-refractivity contribution in [1.82, 2.24) is 24.9 Å². The molecular weight excluding hydrogens is 330 g/mol. The number of carbonyl (C=O) groups is 1. The van der Waals surface area contributed by atoms with E-state index in [9.17, 15) is 9.90 Å². The molecule has 7 nitrogen and oxygen atoms in total. The van der Waals surface area contributed by atoms with Crippen molar-refractivity contribution in [2.24, 2.45) is 18.9 Å². The zero-order valence-corrected chi connectivity index (χ0v) is 16.3. The molecule has 2 aliphatic rings. The van der Waals surface area contributed by atoms with Gasteiger partial charge >= 0.3 is 0 Å². The van der Waals surface area contributed by atoms with Crippen molar-refractivity contribution in [2.45, 2.75) is 31.8 Å². The lowest BCUT2D eigenvalue weighted by atomic mass is 9.89. The normalized spacial score (nSPS) is 26.2. The average Bonchev–Trinajstić information content (AvgIpc) is 3.24. The van der Waals surface area contributed by atoms with Gasteiger partial charge in [-0.15, -0.1) is 0 Å². The van der Waals surface area contributed by atoms with Gasteiger partial charge in [0.25, 0.3) is 0 Å². The van der Waals surface area contributed by atoms with Gasteiger partial charge in [0.15, 0.2) is 0 Å². The highest BCUT2D eigenvalue weighted by atomic mass is 16.3. The van der Waals surface area contributed by atoms with Crippen LogP contribution in [0.25, 0.3) is 0 Å². The smallest absolute Gasteiger partial charge is 0.227 e. The molecule has 0 aliphatic carbocycles. The van der Waals surface area contributed by atoms with Crippen molar-refractivity contribution >= 4 is 5.91 Å². The van der Waals surface area contributed by atoms with Gasteiger partial charge in [0.05, 0.1) is 18.2 Å². The fourth-order valence-electron chi connectivity index (χ4n) is 4.41. The minimum atomic E-state index is -0.268. The summed E-state index contributed by atoms with van der Waals surface area (Å²) in [5, 5.41) is 17.2. The Morgan fingerprint density at radius 2 is 2.15 bits per heavy atom. The SMILES string of the molecule is CC(O)CN1CCC(CN(C)C(=O)[C@H]2CNC[C@@H]2c2cnn(C)c2)CC1. The number of aryl methyl sites for hydroxylation is 1. The molecule has 2 saturated heterocycles. The minimum absolute atomic E-state index is 0.000437. The molecule has 0 radical (unpaired) electrons. The molecule has 2 N–H and O–H groups in total. The number of hydrogen-bond acceptors (Lipinski definition) is 5. The van der Waals surface area contributed by atoms with E-state index in [4.69, 9.17) is 0 Å². The Labute approximate surface area is 156 Å². The quantitative estimate of drug-likeness (QED) is 0.759. The number of β-amino-alcohol motifs (C(OH)–C–C–N with tert-alkyl or cyclic N) is 1. The molecule has 1 aromatic heterocycles. The number of hydrogen-bond donors (Lipinski definition) is 2. The van der Waals surface area contributed by atoms with Crippen LogP contribution in [0.1, 0.15) is 31.2 Å². The lowest BCUT2D eigenvalue weighted by Gasteiger charge is -2.35. The molecule has 1 amide bonds. The third-order valence-electron chi connectivity index (χ3n) is 5.82. The third kappa shape index (κ3) is 4.64. The molecular formula is C19H33N5O2. The third-order valence-corrected chi connectivity index (χ3v) is 5.82. The highest BCUT2D eigenvalue weighted by Crippen LogP contribution is 2.29. The summed E-state index contributed by atoms with van der Waals surface area (Å²) in [4.78, 5) is 17.3. The van der Waals surface area contributed by atoms with E-state index in [2.05, 4.69) is 15.3 Å². The highest BCUT2D eigenvalue weighted by Gasteiger charge is 2.36. The number of amides is 1. The van der Waals surface area contributed by atoms with Gasteiger partial charge in [0.2, 0.25) is 5.91 Å². The summed E-state index contributed by atoms with van der Waals surface area (Å²) in [5.74, 6) is 1.02. The summed E-state index contributed by atoms with van der Waals surface area (Å²) in [6, 6.07) is 0. The van der Waals surface area contributed by atoms with Gasteiger partial charge in [-0.1, -0.05) is 0 Å². The molecule has 0 saturated carbocycles. The lowest BCUT2D eigenvalue weighted by Crippen LogP contribution is -2.43. The van der Waals surface area contributed by atoms with E-state index in [1.807, 2.05) is 38.3 Å². The van der Waals surface area contributed by atoms with Gasteiger partial charge in [-0.2, -0.15) is 5.10 Å². The molecule has 0 aromatic carbocycles. The number of likely N-dealkylation sites (tertiary alicyclic amines) is 1. The molecule has 2 fully saturated rings. The number of rotatable bonds is 6. The Balaban J connectivity index is 1.51. The first-order valence-electron chi connectivity index (χ1n) is 9.78. The first-order chi connectivity index (χ1) is 12.4. The standard InChI is InChI=1S/C19H33N5O2/c1-14(25)11-24-6-4-15(5-7-24)12-22(2)19(26)18-10-20-9-17(18)16-8-21-23(3)13-16/h8,13-15,17-18,20,25H,4-7,9-12H2,1-3H3/t14?,17-,18+/m1/s1. The highest BCUT2D eigenvalue weighted by molar-refractivity contribution is 5.80. The van der Waals surface area contributed by atoms with Crippen molar-refractivity contribution < 1.29 is 9.90 Å². The van der Waals surface area contributed by atoms with Crippen LogP contribution in [0.2, 0.25) is 0 Å². The number of aliphatic hydroxyl groups excluding tert-OH is 1. The largest absolute Gasteiger partial charge is 0.392 e. The molecule has 3 atom stereocenters. The van der Waals surface area contributed by atoms with Crippen molar-refractivity contribution in [3.05, 3.63) is 18.0 Å². The van der Waals surface area contributed by atoms with Crippen LogP contribution in [0.4, 0.5) is 0 Å². The molecule has 1 aromatic rings. The van der Waals surface area contributed by atoms with Crippen LogP contribution >= 0.6 is 0 Å². The molecule has 146 valence electrons. The number of aromatic nitrogens is 2. The fourth-order valence-corrected chi connectivity index (χ4v) is 4.41. The monoisotopic (exact) mass is 363 g/mol. The van der Waals surface area contributed by atoms with Gasteiger partial charge in [-0.25, -0.2) is 0 Å². The number of nitrogens with one attached hydrogen (secondary N) is 1.